The van der Waals surface area contributed by atoms with Gasteiger partial charge in [-0.15, -0.1) is 0 Å². The largest absolute Gasteiger partial charge is 0.398 e. The van der Waals surface area contributed by atoms with E-state index in [0.717, 1.165) is 18.5 Å². The molecule has 0 spiro atoms. The van der Waals surface area contributed by atoms with Crippen molar-refractivity contribution in [3.63, 3.8) is 0 Å². The van der Waals surface area contributed by atoms with Crippen molar-refractivity contribution in [3.8, 4) is 0 Å². The summed E-state index contributed by atoms with van der Waals surface area (Å²) in [5.74, 6) is 0. The highest BCUT2D eigenvalue weighted by molar-refractivity contribution is 5.52. The van der Waals surface area contributed by atoms with E-state index in [1.807, 2.05) is 0 Å². The third-order valence-corrected chi connectivity index (χ3v) is 2.67. The van der Waals surface area contributed by atoms with Crippen molar-refractivity contribution in [3.05, 3.63) is 28.8 Å². The highest BCUT2D eigenvalue weighted by Gasteiger charge is 2.03. The zero-order valence-corrected chi connectivity index (χ0v) is 9.56. The molecule has 0 aliphatic carbocycles. The van der Waals surface area contributed by atoms with Crippen molar-refractivity contribution in [2.24, 2.45) is 0 Å². The molecule has 0 aliphatic heterocycles. The monoisotopic (exact) mass is 191 g/mol. The molecule has 2 N–H and O–H groups in total. The van der Waals surface area contributed by atoms with Crippen molar-refractivity contribution in [1.29, 1.82) is 0 Å². The second-order valence-electron chi connectivity index (χ2n) is 3.97. The standard InChI is InChI=1S/C13H21N/c1-4-6-11-8-12(7-5-2)10(3)13(14)9-11/h8-9H,4-7,14H2,1-3H3. The van der Waals surface area contributed by atoms with Gasteiger partial charge in [0.05, 0.1) is 0 Å². The fraction of sp³-hybridized carbons (Fsp3) is 0.538. The zero-order valence-electron chi connectivity index (χ0n) is 9.56. The molecule has 0 unspecified atom stereocenters. The molecule has 1 heteroatoms. The normalized spacial score (nSPS) is 10.5. The van der Waals surface area contributed by atoms with E-state index >= 15 is 0 Å². The number of hydrogen-bond acceptors (Lipinski definition) is 1. The summed E-state index contributed by atoms with van der Waals surface area (Å²) in [5, 5.41) is 0. The second kappa shape index (κ2) is 5.04. The van der Waals surface area contributed by atoms with Crippen molar-refractivity contribution < 1.29 is 0 Å². The van der Waals surface area contributed by atoms with Crippen LogP contribution in [0.25, 0.3) is 0 Å². The van der Waals surface area contributed by atoms with Gasteiger partial charge < -0.3 is 5.73 Å². The van der Waals surface area contributed by atoms with Crippen LogP contribution in [0, 0.1) is 6.92 Å². The van der Waals surface area contributed by atoms with Crippen molar-refractivity contribution in [1.82, 2.24) is 0 Å². The Labute approximate surface area is 87.3 Å². The van der Waals surface area contributed by atoms with Gasteiger partial charge in [-0.05, 0) is 42.5 Å². The van der Waals surface area contributed by atoms with E-state index in [9.17, 15) is 0 Å². The maximum absolute atomic E-state index is 5.98. The van der Waals surface area contributed by atoms with E-state index in [2.05, 4.69) is 32.9 Å². The van der Waals surface area contributed by atoms with Gasteiger partial charge in [0.1, 0.15) is 0 Å². The SMILES string of the molecule is CCCc1cc(N)c(C)c(CCC)c1. The van der Waals surface area contributed by atoms with Crippen LogP contribution < -0.4 is 5.73 Å². The molecule has 1 nitrogen and oxygen atoms in total. The van der Waals surface area contributed by atoms with Crippen LogP contribution in [-0.4, -0.2) is 0 Å². The first-order valence-electron chi connectivity index (χ1n) is 5.56. The maximum atomic E-state index is 5.98. The molecule has 0 bridgehead atoms. The molecule has 0 saturated carbocycles. The average molecular weight is 191 g/mol. The molecular formula is C13H21N. The van der Waals surface area contributed by atoms with Gasteiger partial charge in [0.2, 0.25) is 0 Å². The van der Waals surface area contributed by atoms with Crippen molar-refractivity contribution in [2.45, 2.75) is 46.5 Å². The summed E-state index contributed by atoms with van der Waals surface area (Å²) >= 11 is 0. The van der Waals surface area contributed by atoms with Gasteiger partial charge >= 0.3 is 0 Å². The van der Waals surface area contributed by atoms with Crippen molar-refractivity contribution >= 4 is 5.69 Å². The topological polar surface area (TPSA) is 26.0 Å². The number of hydrogen-bond donors (Lipinski definition) is 1. The molecular weight excluding hydrogens is 170 g/mol. The van der Waals surface area contributed by atoms with Gasteiger partial charge in [0.25, 0.3) is 0 Å². The Bertz CT molecular complexity index is 302. The molecule has 0 aliphatic rings. The number of nitrogen functional groups attached to an aromatic ring is 1. The highest BCUT2D eigenvalue weighted by atomic mass is 14.6. The van der Waals surface area contributed by atoms with E-state index in [-0.39, 0.29) is 0 Å². The number of nitrogens with two attached hydrogens (primary N) is 1. The van der Waals surface area contributed by atoms with E-state index in [1.54, 1.807) is 0 Å². The number of aryl methyl sites for hydroxylation is 2. The molecule has 1 aromatic carbocycles. The van der Waals surface area contributed by atoms with Gasteiger partial charge in [-0.1, -0.05) is 32.8 Å². The average Bonchev–Trinajstić information content (AvgIpc) is 2.14. The predicted molar refractivity (Wildman–Crippen MR) is 63.6 cm³/mol. The Kier molecular flexibility index (Phi) is 3.99. The van der Waals surface area contributed by atoms with Crippen LogP contribution in [0.5, 0.6) is 0 Å². The molecule has 1 rings (SSSR count). The van der Waals surface area contributed by atoms with Crippen LogP contribution in [0.2, 0.25) is 0 Å². The number of anilines is 1. The minimum atomic E-state index is 0.958. The zero-order chi connectivity index (χ0) is 10.6. The minimum absolute atomic E-state index is 0.958. The first-order valence-corrected chi connectivity index (χ1v) is 5.56. The highest BCUT2D eigenvalue weighted by Crippen LogP contribution is 2.21. The van der Waals surface area contributed by atoms with E-state index in [4.69, 9.17) is 5.73 Å². The summed E-state index contributed by atoms with van der Waals surface area (Å²) in [6, 6.07) is 4.44. The third-order valence-electron chi connectivity index (χ3n) is 2.67. The van der Waals surface area contributed by atoms with E-state index < -0.39 is 0 Å². The molecule has 14 heavy (non-hydrogen) atoms. The summed E-state index contributed by atoms with van der Waals surface area (Å²) in [6.45, 7) is 6.54. The Balaban J connectivity index is 3.01. The van der Waals surface area contributed by atoms with Crippen LogP contribution in [0.3, 0.4) is 0 Å². The molecule has 0 amide bonds. The number of rotatable bonds is 4. The maximum Gasteiger partial charge on any atom is 0.0349 e. The summed E-state index contributed by atoms with van der Waals surface area (Å²) in [5.41, 5.74) is 11.0. The van der Waals surface area contributed by atoms with Gasteiger partial charge in [-0.2, -0.15) is 0 Å². The molecule has 0 fully saturated rings. The Morgan fingerprint density at radius 2 is 1.71 bits per heavy atom. The van der Waals surface area contributed by atoms with Crippen LogP contribution in [0.4, 0.5) is 5.69 Å². The Morgan fingerprint density at radius 1 is 1.07 bits per heavy atom. The first kappa shape index (κ1) is 11.1. The van der Waals surface area contributed by atoms with Gasteiger partial charge in [-0.25, -0.2) is 0 Å². The minimum Gasteiger partial charge on any atom is -0.398 e. The summed E-state index contributed by atoms with van der Waals surface area (Å²) in [4.78, 5) is 0. The molecule has 0 heterocycles. The molecule has 78 valence electrons. The van der Waals surface area contributed by atoms with Gasteiger partial charge in [0, 0.05) is 5.69 Å². The quantitative estimate of drug-likeness (QED) is 0.724. The Morgan fingerprint density at radius 3 is 2.29 bits per heavy atom. The van der Waals surface area contributed by atoms with Gasteiger partial charge in [0.15, 0.2) is 0 Å². The van der Waals surface area contributed by atoms with E-state index in [0.29, 0.717) is 0 Å². The summed E-state index contributed by atoms with van der Waals surface area (Å²) in [7, 11) is 0. The summed E-state index contributed by atoms with van der Waals surface area (Å²) in [6.07, 6.45) is 4.67. The molecule has 0 atom stereocenters. The fourth-order valence-electron chi connectivity index (χ4n) is 1.83. The predicted octanol–water partition coefficient (Wildman–Crippen LogP) is 3.48. The van der Waals surface area contributed by atoms with E-state index in [1.165, 1.54) is 29.5 Å². The number of benzene rings is 1. The van der Waals surface area contributed by atoms with Crippen LogP contribution >= 0.6 is 0 Å². The van der Waals surface area contributed by atoms with Crippen LogP contribution in [0.1, 0.15) is 43.4 Å². The van der Waals surface area contributed by atoms with Crippen LogP contribution in [-0.2, 0) is 12.8 Å². The Hall–Kier alpha value is -0.980. The molecule has 0 saturated heterocycles. The lowest BCUT2D eigenvalue weighted by atomic mass is 9.97. The van der Waals surface area contributed by atoms with Crippen molar-refractivity contribution in [2.75, 3.05) is 5.73 Å². The molecule has 0 radical (unpaired) electrons. The molecule has 0 aromatic heterocycles. The lowest BCUT2D eigenvalue weighted by Crippen LogP contribution is -1.98. The lowest BCUT2D eigenvalue weighted by Gasteiger charge is -2.10. The third kappa shape index (κ3) is 2.50. The first-order chi connectivity index (χ1) is 6.69. The lowest BCUT2D eigenvalue weighted by molar-refractivity contribution is 0.890. The van der Waals surface area contributed by atoms with Gasteiger partial charge in [-0.3, -0.25) is 0 Å². The molecule has 1 aromatic rings. The smallest absolute Gasteiger partial charge is 0.0349 e. The summed E-state index contributed by atoms with van der Waals surface area (Å²) < 4.78 is 0. The second-order valence-corrected chi connectivity index (χ2v) is 3.97. The van der Waals surface area contributed by atoms with Crippen LogP contribution in [0.15, 0.2) is 12.1 Å². The fourth-order valence-corrected chi connectivity index (χ4v) is 1.83.